The summed E-state index contributed by atoms with van der Waals surface area (Å²) in [5.41, 5.74) is 5.62. The number of carboxylic acid groups (broad SMARTS) is 1. The van der Waals surface area contributed by atoms with Gasteiger partial charge in [-0.3, -0.25) is 4.79 Å². The van der Waals surface area contributed by atoms with Gasteiger partial charge in [0.1, 0.15) is 0 Å². The van der Waals surface area contributed by atoms with Crippen LogP contribution < -0.4 is 0 Å². The number of carboxylic acids is 1. The molecule has 2 heteroatoms. The Hall–Kier alpha value is -0.790. The molecule has 7 atom stereocenters. The fourth-order valence-electron chi connectivity index (χ4n) is 10.4. The predicted octanol–water partition coefficient (Wildman–Crippen LogP) is 7.24. The van der Waals surface area contributed by atoms with Gasteiger partial charge in [0.25, 0.3) is 0 Å². The lowest BCUT2D eigenvalue weighted by molar-refractivity contribution is -0.139. The Morgan fingerprint density at radius 1 is 1.03 bits per heavy atom. The highest BCUT2D eigenvalue weighted by atomic mass is 16.4. The Bertz CT molecular complexity index is 792. The first kappa shape index (κ1) is 20.1. The average molecular weight is 399 g/mol. The van der Waals surface area contributed by atoms with Gasteiger partial charge in [-0.2, -0.15) is 0 Å². The highest BCUT2D eigenvalue weighted by Crippen LogP contribution is 2.88. The quantitative estimate of drug-likeness (QED) is 0.509. The molecule has 0 aromatic rings. The summed E-state index contributed by atoms with van der Waals surface area (Å²) in [5.74, 6) is 1.38. The van der Waals surface area contributed by atoms with Crippen LogP contribution in [-0.2, 0) is 4.79 Å². The molecule has 2 spiro atoms. The first-order chi connectivity index (χ1) is 13.5. The lowest BCUT2D eigenvalue weighted by Crippen LogP contribution is -2.47. The van der Waals surface area contributed by atoms with E-state index >= 15 is 0 Å². The monoisotopic (exact) mass is 398 g/mol. The van der Waals surface area contributed by atoms with Gasteiger partial charge in [0.15, 0.2) is 0 Å². The van der Waals surface area contributed by atoms with Gasteiger partial charge in [0, 0.05) is 11.8 Å². The Morgan fingerprint density at radius 2 is 1.76 bits per heavy atom. The normalized spacial score (nSPS) is 50.8. The number of carbonyl (C=O) groups is 1. The Balaban J connectivity index is 1.58. The summed E-state index contributed by atoms with van der Waals surface area (Å²) >= 11 is 0. The minimum absolute atomic E-state index is 0.128. The first-order valence-electron chi connectivity index (χ1n) is 12.4. The third-order valence-electron chi connectivity index (χ3n) is 12.2. The van der Waals surface area contributed by atoms with Crippen molar-refractivity contribution in [3.8, 4) is 0 Å². The standard InChI is InChI=1S/C27H42O2/c1-17(16-22(28)29)24(5)13-10-19-20-8-9-21-23(3,4)11-7-12-27(21)18(2)26(20,27)15-14-25(19,24)6/h17-18,21H,7-16H2,1-6H3,(H,28,29)/t17-,18+,21?,24?,25?,26?,27?/m1/s1. The fraction of sp³-hybridized carbons (Fsp3) is 0.889. The van der Waals surface area contributed by atoms with Gasteiger partial charge in [-0.05, 0) is 90.8 Å². The molecule has 0 saturated heterocycles. The number of aliphatic carboxylic acids is 1. The van der Waals surface area contributed by atoms with E-state index in [2.05, 4.69) is 41.5 Å². The molecular formula is C27H42O2. The molecule has 1 N–H and O–H groups in total. The smallest absolute Gasteiger partial charge is 0.303 e. The molecule has 5 unspecified atom stereocenters. The van der Waals surface area contributed by atoms with E-state index in [4.69, 9.17) is 0 Å². The minimum Gasteiger partial charge on any atom is -0.481 e. The summed E-state index contributed by atoms with van der Waals surface area (Å²) in [5, 5.41) is 9.47. The van der Waals surface area contributed by atoms with E-state index in [-0.39, 0.29) is 16.7 Å². The molecule has 5 rings (SSSR count). The Labute approximate surface area is 177 Å². The molecule has 5 aliphatic carbocycles. The summed E-state index contributed by atoms with van der Waals surface area (Å²) in [4.78, 5) is 11.5. The largest absolute Gasteiger partial charge is 0.481 e. The van der Waals surface area contributed by atoms with E-state index in [9.17, 15) is 9.90 Å². The lowest BCUT2D eigenvalue weighted by Gasteiger charge is -2.55. The van der Waals surface area contributed by atoms with Crippen LogP contribution in [-0.4, -0.2) is 11.1 Å². The molecule has 0 bridgehead atoms. The molecular weight excluding hydrogens is 356 g/mol. The van der Waals surface area contributed by atoms with Crippen molar-refractivity contribution < 1.29 is 9.90 Å². The maximum Gasteiger partial charge on any atom is 0.303 e. The maximum atomic E-state index is 11.5. The van der Waals surface area contributed by atoms with Crippen molar-refractivity contribution in [3.63, 3.8) is 0 Å². The summed E-state index contributed by atoms with van der Waals surface area (Å²) in [6.07, 6.45) is 12.4. The van der Waals surface area contributed by atoms with E-state index in [1.165, 1.54) is 57.8 Å². The molecule has 4 fully saturated rings. The van der Waals surface area contributed by atoms with Gasteiger partial charge >= 0.3 is 5.97 Å². The Kier molecular flexibility index (Phi) is 3.96. The highest BCUT2D eigenvalue weighted by Gasteiger charge is 2.81. The van der Waals surface area contributed by atoms with Gasteiger partial charge in [-0.15, -0.1) is 0 Å². The van der Waals surface area contributed by atoms with E-state index in [1.54, 1.807) is 5.57 Å². The van der Waals surface area contributed by atoms with Gasteiger partial charge in [0.05, 0.1) is 0 Å². The molecule has 0 aliphatic heterocycles. The van der Waals surface area contributed by atoms with Crippen LogP contribution in [0.2, 0.25) is 0 Å². The minimum atomic E-state index is -0.629. The summed E-state index contributed by atoms with van der Waals surface area (Å²) in [7, 11) is 0. The van der Waals surface area contributed by atoms with Crippen LogP contribution in [0.3, 0.4) is 0 Å². The van der Waals surface area contributed by atoms with Crippen molar-refractivity contribution in [2.45, 2.75) is 106 Å². The predicted molar refractivity (Wildman–Crippen MR) is 118 cm³/mol. The van der Waals surface area contributed by atoms with Gasteiger partial charge in [-0.1, -0.05) is 59.1 Å². The van der Waals surface area contributed by atoms with Crippen molar-refractivity contribution >= 4 is 5.97 Å². The third kappa shape index (κ3) is 2.08. The summed E-state index contributed by atoms with van der Waals surface area (Å²) < 4.78 is 0. The molecule has 0 aromatic carbocycles. The molecule has 2 nitrogen and oxygen atoms in total. The van der Waals surface area contributed by atoms with Crippen LogP contribution in [0.4, 0.5) is 0 Å². The molecule has 0 aromatic heterocycles. The molecule has 0 amide bonds. The van der Waals surface area contributed by atoms with Crippen LogP contribution in [0.15, 0.2) is 11.1 Å². The van der Waals surface area contributed by atoms with E-state index in [0.717, 1.165) is 11.8 Å². The van der Waals surface area contributed by atoms with E-state index in [1.807, 2.05) is 5.57 Å². The topological polar surface area (TPSA) is 37.3 Å². The number of hydrogen-bond donors (Lipinski definition) is 1. The third-order valence-corrected chi connectivity index (χ3v) is 12.2. The van der Waals surface area contributed by atoms with Gasteiger partial charge < -0.3 is 5.11 Å². The zero-order valence-electron chi connectivity index (χ0n) is 19.7. The van der Waals surface area contributed by atoms with Gasteiger partial charge in [0.2, 0.25) is 0 Å². The average Bonchev–Trinajstić information content (AvgIpc) is 3.02. The summed E-state index contributed by atoms with van der Waals surface area (Å²) in [6.45, 7) is 14.9. The zero-order chi connectivity index (χ0) is 21.0. The Morgan fingerprint density at radius 3 is 2.45 bits per heavy atom. The zero-order valence-corrected chi connectivity index (χ0v) is 19.7. The second-order valence-corrected chi connectivity index (χ2v) is 12.9. The first-order valence-corrected chi connectivity index (χ1v) is 12.4. The van der Waals surface area contributed by atoms with Crippen molar-refractivity contribution in [1.82, 2.24) is 0 Å². The number of rotatable bonds is 3. The van der Waals surface area contributed by atoms with Crippen LogP contribution in [0.1, 0.15) is 106 Å². The number of fused-ring (bicyclic) bond motifs is 1. The maximum absolute atomic E-state index is 11.5. The van der Waals surface area contributed by atoms with Crippen LogP contribution in [0.5, 0.6) is 0 Å². The molecule has 162 valence electrons. The molecule has 29 heavy (non-hydrogen) atoms. The molecule has 4 saturated carbocycles. The summed E-state index contributed by atoms with van der Waals surface area (Å²) in [6, 6.07) is 0. The second kappa shape index (κ2) is 5.71. The van der Waals surface area contributed by atoms with Crippen molar-refractivity contribution in [2.75, 3.05) is 0 Å². The second-order valence-electron chi connectivity index (χ2n) is 12.9. The number of hydrogen-bond acceptors (Lipinski definition) is 1. The van der Waals surface area contributed by atoms with E-state index in [0.29, 0.717) is 22.7 Å². The van der Waals surface area contributed by atoms with Crippen LogP contribution >= 0.6 is 0 Å². The van der Waals surface area contributed by atoms with Crippen LogP contribution in [0.25, 0.3) is 0 Å². The van der Waals surface area contributed by atoms with Crippen molar-refractivity contribution in [2.24, 2.45) is 44.8 Å². The van der Waals surface area contributed by atoms with Crippen molar-refractivity contribution in [1.29, 1.82) is 0 Å². The van der Waals surface area contributed by atoms with Crippen molar-refractivity contribution in [3.05, 3.63) is 11.1 Å². The SMILES string of the molecule is C[C@H](CC(=O)O)C1(C)CCC2=C3CCC4C(C)(C)CCCC45[C@@H](C)C35CCC21C. The number of allylic oxidation sites excluding steroid dienone is 2. The molecule has 0 heterocycles. The fourth-order valence-corrected chi connectivity index (χ4v) is 10.4. The lowest BCUT2D eigenvalue weighted by atomic mass is 9.49. The molecule has 5 aliphatic rings. The highest BCUT2D eigenvalue weighted by molar-refractivity contribution is 5.67. The van der Waals surface area contributed by atoms with Crippen LogP contribution in [0, 0.1) is 44.8 Å². The van der Waals surface area contributed by atoms with E-state index < -0.39 is 5.97 Å². The molecule has 0 radical (unpaired) electrons. The van der Waals surface area contributed by atoms with Gasteiger partial charge in [-0.25, -0.2) is 0 Å².